The molecule has 0 bridgehead atoms. The highest BCUT2D eigenvalue weighted by Gasteiger charge is 2.29. The summed E-state index contributed by atoms with van der Waals surface area (Å²) in [6, 6.07) is 23.2. The number of nitriles is 1. The first-order valence-electron chi connectivity index (χ1n) is 11.1. The number of benzene rings is 2. The molecule has 1 heterocycles. The molecular formula is C26H32N4O. The first-order chi connectivity index (χ1) is 15.1. The summed E-state index contributed by atoms with van der Waals surface area (Å²) in [5.74, 6) is 0.396. The maximum Gasteiger partial charge on any atom is 0.266 e. The average Bonchev–Trinajstić information content (AvgIpc) is 2.81. The predicted molar refractivity (Wildman–Crippen MR) is 124 cm³/mol. The van der Waals surface area contributed by atoms with Crippen LogP contribution in [0.15, 0.2) is 72.4 Å². The van der Waals surface area contributed by atoms with Crippen molar-refractivity contribution in [3.05, 3.63) is 83.6 Å². The van der Waals surface area contributed by atoms with Gasteiger partial charge in [0.1, 0.15) is 11.6 Å². The van der Waals surface area contributed by atoms with E-state index in [9.17, 15) is 10.1 Å². The fourth-order valence-corrected chi connectivity index (χ4v) is 3.93. The zero-order chi connectivity index (χ0) is 22.1. The van der Waals surface area contributed by atoms with Crippen molar-refractivity contribution in [1.82, 2.24) is 15.1 Å². The minimum atomic E-state index is -0.185. The van der Waals surface area contributed by atoms with Gasteiger partial charge in [-0.1, -0.05) is 74.5 Å². The minimum Gasteiger partial charge on any atom is -0.390 e. The summed E-state index contributed by atoms with van der Waals surface area (Å²) in [7, 11) is 0. The topological polar surface area (TPSA) is 59.4 Å². The fraction of sp³-hybridized carbons (Fsp3) is 0.385. The Kier molecular flexibility index (Phi) is 8.26. The smallest absolute Gasteiger partial charge is 0.266 e. The summed E-state index contributed by atoms with van der Waals surface area (Å²) < 4.78 is 0. The van der Waals surface area contributed by atoms with Gasteiger partial charge in [0.05, 0.1) is 6.04 Å². The highest BCUT2D eigenvalue weighted by atomic mass is 16.2. The van der Waals surface area contributed by atoms with Crippen molar-refractivity contribution < 1.29 is 4.79 Å². The lowest BCUT2D eigenvalue weighted by Gasteiger charge is -2.39. The molecule has 0 radical (unpaired) electrons. The van der Waals surface area contributed by atoms with E-state index in [1.807, 2.05) is 12.1 Å². The van der Waals surface area contributed by atoms with Gasteiger partial charge in [-0.05, 0) is 23.5 Å². The Morgan fingerprint density at radius 1 is 1.00 bits per heavy atom. The Morgan fingerprint density at radius 3 is 2.03 bits per heavy atom. The fourth-order valence-electron chi connectivity index (χ4n) is 3.93. The van der Waals surface area contributed by atoms with E-state index in [1.54, 1.807) is 11.1 Å². The number of carbonyl (C=O) groups is 1. The normalized spacial score (nSPS) is 15.2. The second kappa shape index (κ2) is 11.3. The molecule has 1 amide bonds. The van der Waals surface area contributed by atoms with E-state index in [-0.39, 0.29) is 17.5 Å². The number of nitrogens with one attached hydrogen (secondary N) is 1. The van der Waals surface area contributed by atoms with Crippen molar-refractivity contribution in [3.8, 4) is 6.07 Å². The molecular weight excluding hydrogens is 384 g/mol. The van der Waals surface area contributed by atoms with Crippen molar-refractivity contribution >= 4 is 5.91 Å². The molecule has 1 aliphatic heterocycles. The Labute approximate surface area is 186 Å². The first kappa shape index (κ1) is 22.6. The van der Waals surface area contributed by atoms with E-state index in [1.165, 1.54) is 11.1 Å². The van der Waals surface area contributed by atoms with Gasteiger partial charge in [0, 0.05) is 38.9 Å². The maximum atomic E-state index is 12.9. The van der Waals surface area contributed by atoms with Gasteiger partial charge in [-0.2, -0.15) is 5.26 Å². The van der Waals surface area contributed by atoms with Crippen molar-refractivity contribution in [2.24, 2.45) is 5.92 Å². The summed E-state index contributed by atoms with van der Waals surface area (Å²) in [5, 5.41) is 12.6. The lowest BCUT2D eigenvalue weighted by atomic mass is 9.96. The van der Waals surface area contributed by atoms with Crippen LogP contribution in [-0.2, 0) is 4.79 Å². The van der Waals surface area contributed by atoms with Crippen LogP contribution in [0.25, 0.3) is 0 Å². The second-order valence-corrected chi connectivity index (χ2v) is 8.36. The molecule has 1 aliphatic rings. The van der Waals surface area contributed by atoms with Crippen LogP contribution in [0, 0.1) is 17.2 Å². The molecule has 0 aromatic heterocycles. The Balaban J connectivity index is 1.66. The van der Waals surface area contributed by atoms with Crippen LogP contribution < -0.4 is 5.32 Å². The zero-order valence-corrected chi connectivity index (χ0v) is 18.5. The third kappa shape index (κ3) is 6.19. The summed E-state index contributed by atoms with van der Waals surface area (Å²) in [4.78, 5) is 17.1. The molecule has 0 atom stereocenters. The molecule has 162 valence electrons. The highest BCUT2D eigenvalue weighted by Crippen LogP contribution is 2.29. The first-order valence-corrected chi connectivity index (χ1v) is 11.1. The Morgan fingerprint density at radius 2 is 1.55 bits per heavy atom. The van der Waals surface area contributed by atoms with Crippen molar-refractivity contribution in [1.29, 1.82) is 5.26 Å². The molecule has 5 heteroatoms. The van der Waals surface area contributed by atoms with Crippen LogP contribution in [0.1, 0.15) is 37.4 Å². The average molecular weight is 417 g/mol. The van der Waals surface area contributed by atoms with Gasteiger partial charge in [0.15, 0.2) is 0 Å². The number of carbonyl (C=O) groups excluding carboxylic acids is 1. The highest BCUT2D eigenvalue weighted by molar-refractivity contribution is 5.97. The van der Waals surface area contributed by atoms with Crippen molar-refractivity contribution in [3.63, 3.8) is 0 Å². The van der Waals surface area contributed by atoms with Crippen LogP contribution in [0.5, 0.6) is 0 Å². The van der Waals surface area contributed by atoms with Gasteiger partial charge in [-0.15, -0.1) is 0 Å². The van der Waals surface area contributed by atoms with Crippen LogP contribution in [0.4, 0.5) is 0 Å². The Hall–Kier alpha value is -3.10. The predicted octanol–water partition coefficient (Wildman–Crippen LogP) is 3.96. The van der Waals surface area contributed by atoms with E-state index >= 15 is 0 Å². The summed E-state index contributed by atoms with van der Waals surface area (Å²) >= 11 is 0. The number of hydrogen-bond acceptors (Lipinski definition) is 4. The number of rotatable bonds is 8. The SMILES string of the molecule is CC(C)CCN/C=C(/C#N)C(=O)N1CCN(C(c2ccccc2)c2ccccc2)CC1. The molecule has 2 aromatic rings. The standard InChI is InChI=1S/C26H32N4O/c1-21(2)13-14-28-20-24(19-27)26(31)30-17-15-29(16-18-30)25(22-9-5-3-6-10-22)23-11-7-4-8-12-23/h3-12,20-21,25,28H,13-18H2,1-2H3/b24-20-. The monoisotopic (exact) mass is 416 g/mol. The quantitative estimate of drug-likeness (QED) is 0.402. The summed E-state index contributed by atoms with van der Waals surface area (Å²) in [6.45, 7) is 7.82. The van der Waals surface area contributed by atoms with Gasteiger partial charge >= 0.3 is 0 Å². The molecule has 0 aliphatic carbocycles. The number of hydrogen-bond donors (Lipinski definition) is 1. The van der Waals surface area contributed by atoms with Crippen LogP contribution >= 0.6 is 0 Å². The lowest BCUT2D eigenvalue weighted by Crippen LogP contribution is -2.50. The molecule has 1 fully saturated rings. The maximum absolute atomic E-state index is 12.9. The van der Waals surface area contributed by atoms with Crippen molar-refractivity contribution in [2.45, 2.75) is 26.3 Å². The molecule has 2 aromatic carbocycles. The molecule has 1 N–H and O–H groups in total. The van der Waals surface area contributed by atoms with E-state index in [4.69, 9.17) is 0 Å². The van der Waals surface area contributed by atoms with E-state index in [0.29, 0.717) is 19.0 Å². The molecule has 5 nitrogen and oxygen atoms in total. The van der Waals surface area contributed by atoms with Crippen LogP contribution in [-0.4, -0.2) is 48.4 Å². The molecule has 3 rings (SSSR count). The Bertz CT molecular complexity index is 855. The number of amides is 1. The number of nitrogens with zero attached hydrogens (tertiary/aromatic N) is 3. The van der Waals surface area contributed by atoms with E-state index in [0.717, 1.165) is 26.1 Å². The van der Waals surface area contributed by atoms with Gasteiger partial charge in [-0.25, -0.2) is 0 Å². The van der Waals surface area contributed by atoms with Gasteiger partial charge in [0.2, 0.25) is 0 Å². The minimum absolute atomic E-state index is 0.156. The van der Waals surface area contributed by atoms with Crippen LogP contribution in [0.2, 0.25) is 0 Å². The van der Waals surface area contributed by atoms with E-state index in [2.05, 4.69) is 78.7 Å². The van der Waals surface area contributed by atoms with Crippen molar-refractivity contribution in [2.75, 3.05) is 32.7 Å². The summed E-state index contributed by atoms with van der Waals surface area (Å²) in [6.07, 6.45) is 2.58. The molecule has 1 saturated heterocycles. The third-order valence-corrected chi connectivity index (χ3v) is 5.66. The molecule has 0 spiro atoms. The largest absolute Gasteiger partial charge is 0.390 e. The van der Waals surface area contributed by atoms with Crippen LogP contribution in [0.3, 0.4) is 0 Å². The summed E-state index contributed by atoms with van der Waals surface area (Å²) in [5.41, 5.74) is 2.68. The van der Waals surface area contributed by atoms with Gasteiger partial charge in [0.25, 0.3) is 5.91 Å². The lowest BCUT2D eigenvalue weighted by molar-refractivity contribution is -0.128. The number of piperazine rings is 1. The second-order valence-electron chi connectivity index (χ2n) is 8.36. The molecule has 0 unspecified atom stereocenters. The zero-order valence-electron chi connectivity index (χ0n) is 18.5. The molecule has 0 saturated carbocycles. The van der Waals surface area contributed by atoms with E-state index < -0.39 is 0 Å². The van der Waals surface area contributed by atoms with Gasteiger partial charge < -0.3 is 10.2 Å². The van der Waals surface area contributed by atoms with Gasteiger partial charge in [-0.3, -0.25) is 9.69 Å². The third-order valence-electron chi connectivity index (χ3n) is 5.66. The molecule has 31 heavy (non-hydrogen) atoms.